The van der Waals surface area contributed by atoms with Crippen LogP contribution in [0.3, 0.4) is 0 Å². The Kier molecular flexibility index (Phi) is 7.11. The third kappa shape index (κ3) is 5.27. The van der Waals surface area contributed by atoms with Crippen molar-refractivity contribution in [3.63, 3.8) is 0 Å². The van der Waals surface area contributed by atoms with Crippen molar-refractivity contribution in [3.8, 4) is 11.5 Å². The van der Waals surface area contributed by atoms with E-state index in [0.29, 0.717) is 18.8 Å². The Morgan fingerprint density at radius 2 is 1.66 bits per heavy atom. The van der Waals surface area contributed by atoms with Crippen LogP contribution in [-0.2, 0) is 10.0 Å². The van der Waals surface area contributed by atoms with Gasteiger partial charge in [-0.05, 0) is 49.2 Å². The first-order chi connectivity index (χ1) is 14.0. The summed E-state index contributed by atoms with van der Waals surface area (Å²) < 4.78 is 38.1. The van der Waals surface area contributed by atoms with Gasteiger partial charge < -0.3 is 14.8 Å². The lowest BCUT2D eigenvalue weighted by Gasteiger charge is -2.26. The summed E-state index contributed by atoms with van der Waals surface area (Å²) in [6.07, 6.45) is 2.72. The van der Waals surface area contributed by atoms with Crippen molar-refractivity contribution in [3.05, 3.63) is 54.1 Å². The predicted molar refractivity (Wildman–Crippen MR) is 110 cm³/mol. The Bertz CT molecular complexity index is 922. The average Bonchev–Trinajstić information content (AvgIpc) is 2.77. The maximum atomic E-state index is 13.0. The fourth-order valence-electron chi connectivity index (χ4n) is 3.22. The van der Waals surface area contributed by atoms with Crippen LogP contribution in [0.25, 0.3) is 0 Å². The van der Waals surface area contributed by atoms with Gasteiger partial charge in [0.2, 0.25) is 10.0 Å². The van der Waals surface area contributed by atoms with E-state index in [1.54, 1.807) is 43.5 Å². The summed E-state index contributed by atoms with van der Waals surface area (Å²) in [4.78, 5) is 12.7. The van der Waals surface area contributed by atoms with Gasteiger partial charge in [0.05, 0.1) is 24.1 Å². The third-order valence-electron chi connectivity index (χ3n) is 4.78. The van der Waals surface area contributed by atoms with Crippen molar-refractivity contribution in [1.82, 2.24) is 9.62 Å². The second-order valence-electron chi connectivity index (χ2n) is 6.74. The van der Waals surface area contributed by atoms with Crippen LogP contribution in [0.5, 0.6) is 11.5 Å². The maximum absolute atomic E-state index is 13.0. The van der Waals surface area contributed by atoms with Crippen molar-refractivity contribution in [2.75, 3.05) is 33.4 Å². The Morgan fingerprint density at radius 1 is 1.00 bits per heavy atom. The summed E-state index contributed by atoms with van der Waals surface area (Å²) in [5.41, 5.74) is 0.155. The molecule has 0 atom stereocenters. The molecule has 1 N–H and O–H groups in total. The molecule has 0 saturated carbocycles. The molecule has 7 nitrogen and oxygen atoms in total. The van der Waals surface area contributed by atoms with Crippen molar-refractivity contribution >= 4 is 15.9 Å². The highest BCUT2D eigenvalue weighted by atomic mass is 32.2. The van der Waals surface area contributed by atoms with Gasteiger partial charge >= 0.3 is 0 Å². The van der Waals surface area contributed by atoms with Crippen LogP contribution in [-0.4, -0.2) is 52.0 Å². The van der Waals surface area contributed by atoms with Crippen LogP contribution in [0, 0.1) is 0 Å². The molecule has 0 aromatic heterocycles. The van der Waals surface area contributed by atoms with E-state index < -0.39 is 15.9 Å². The lowest BCUT2D eigenvalue weighted by molar-refractivity contribution is 0.0943. The number of nitrogens with one attached hydrogen (secondary N) is 1. The second kappa shape index (κ2) is 9.76. The van der Waals surface area contributed by atoms with E-state index in [9.17, 15) is 13.2 Å². The number of piperidine rings is 1. The van der Waals surface area contributed by atoms with Gasteiger partial charge in [0.25, 0.3) is 5.91 Å². The number of hydrogen-bond donors (Lipinski definition) is 1. The van der Waals surface area contributed by atoms with Gasteiger partial charge in [-0.15, -0.1) is 0 Å². The molecule has 2 aromatic rings. The molecule has 156 valence electrons. The van der Waals surface area contributed by atoms with Crippen LogP contribution in [0.2, 0.25) is 0 Å². The van der Waals surface area contributed by atoms with E-state index >= 15 is 0 Å². The van der Waals surface area contributed by atoms with Crippen LogP contribution in [0.1, 0.15) is 29.6 Å². The Balaban J connectivity index is 1.60. The number of hydrogen-bond acceptors (Lipinski definition) is 5. The molecule has 1 amide bonds. The van der Waals surface area contributed by atoms with Crippen LogP contribution < -0.4 is 14.8 Å². The molecule has 8 heteroatoms. The number of benzene rings is 2. The second-order valence-corrected chi connectivity index (χ2v) is 8.65. The Labute approximate surface area is 171 Å². The zero-order chi connectivity index (χ0) is 20.7. The SMILES string of the molecule is COc1ccc(OCCNC(=O)c2ccccc2S(=O)(=O)N2CCCCC2)cc1. The molecule has 0 spiro atoms. The number of carbonyl (C=O) groups excluding carboxylic acids is 1. The van der Waals surface area contributed by atoms with Crippen LogP contribution >= 0.6 is 0 Å². The molecule has 0 aliphatic carbocycles. The lowest BCUT2D eigenvalue weighted by atomic mass is 10.2. The minimum absolute atomic E-state index is 0.0514. The number of carbonyl (C=O) groups is 1. The summed E-state index contributed by atoms with van der Waals surface area (Å²) in [6.45, 7) is 1.50. The van der Waals surface area contributed by atoms with Gasteiger partial charge in [-0.25, -0.2) is 8.42 Å². The molecule has 1 fully saturated rings. The normalized spacial score (nSPS) is 14.9. The number of ether oxygens (including phenoxy) is 2. The predicted octanol–water partition coefficient (Wildman–Crippen LogP) is 2.68. The molecule has 1 aliphatic heterocycles. The van der Waals surface area contributed by atoms with E-state index in [-0.39, 0.29) is 23.6 Å². The smallest absolute Gasteiger partial charge is 0.252 e. The van der Waals surface area contributed by atoms with Crippen molar-refractivity contribution in [2.24, 2.45) is 0 Å². The molecule has 0 radical (unpaired) electrons. The van der Waals surface area contributed by atoms with Gasteiger partial charge in [0, 0.05) is 13.1 Å². The molecular formula is C21H26N2O5S. The standard InChI is InChI=1S/C21H26N2O5S/c1-27-17-9-11-18(12-10-17)28-16-13-22-21(24)19-7-3-4-8-20(19)29(25,26)23-14-5-2-6-15-23/h3-4,7-12H,2,5-6,13-16H2,1H3,(H,22,24). The minimum Gasteiger partial charge on any atom is -0.497 e. The van der Waals surface area contributed by atoms with Crippen LogP contribution in [0.4, 0.5) is 0 Å². The summed E-state index contributed by atoms with van der Waals surface area (Å²) in [7, 11) is -2.10. The van der Waals surface area contributed by atoms with Gasteiger partial charge in [-0.2, -0.15) is 4.31 Å². The van der Waals surface area contributed by atoms with Gasteiger partial charge in [-0.3, -0.25) is 4.79 Å². The number of amides is 1. The highest BCUT2D eigenvalue weighted by Crippen LogP contribution is 2.23. The van der Waals surface area contributed by atoms with Gasteiger partial charge in [0.1, 0.15) is 18.1 Å². The maximum Gasteiger partial charge on any atom is 0.252 e. The first kappa shape index (κ1) is 21.1. The Morgan fingerprint density at radius 3 is 2.34 bits per heavy atom. The van der Waals surface area contributed by atoms with Crippen molar-refractivity contribution in [2.45, 2.75) is 24.2 Å². The van der Waals surface area contributed by atoms with Crippen molar-refractivity contribution < 1.29 is 22.7 Å². The van der Waals surface area contributed by atoms with E-state index in [1.165, 1.54) is 16.4 Å². The van der Waals surface area contributed by atoms with E-state index in [0.717, 1.165) is 25.0 Å². The molecule has 2 aromatic carbocycles. The molecule has 0 unspecified atom stereocenters. The Hall–Kier alpha value is -2.58. The first-order valence-corrected chi connectivity index (χ1v) is 11.1. The van der Waals surface area contributed by atoms with E-state index in [2.05, 4.69) is 5.32 Å². The zero-order valence-corrected chi connectivity index (χ0v) is 17.3. The molecule has 3 rings (SSSR count). The summed E-state index contributed by atoms with van der Waals surface area (Å²) in [5, 5.41) is 2.74. The highest BCUT2D eigenvalue weighted by Gasteiger charge is 2.29. The van der Waals surface area contributed by atoms with Gasteiger partial charge in [-0.1, -0.05) is 18.6 Å². The summed E-state index contributed by atoms with van der Waals surface area (Å²) >= 11 is 0. The molecule has 0 bridgehead atoms. The molecule has 29 heavy (non-hydrogen) atoms. The third-order valence-corrected chi connectivity index (χ3v) is 6.74. The summed E-state index contributed by atoms with van der Waals surface area (Å²) in [6, 6.07) is 13.5. The van der Waals surface area contributed by atoms with Crippen molar-refractivity contribution in [1.29, 1.82) is 0 Å². The number of rotatable bonds is 8. The minimum atomic E-state index is -3.69. The molecule has 1 heterocycles. The summed E-state index contributed by atoms with van der Waals surface area (Å²) in [5.74, 6) is 0.963. The number of methoxy groups -OCH3 is 1. The molecular weight excluding hydrogens is 392 g/mol. The number of nitrogens with zero attached hydrogens (tertiary/aromatic N) is 1. The quantitative estimate of drug-likeness (QED) is 0.667. The fraction of sp³-hybridized carbons (Fsp3) is 0.381. The first-order valence-electron chi connectivity index (χ1n) is 9.66. The molecule has 1 aliphatic rings. The van der Waals surface area contributed by atoms with Gasteiger partial charge in [0.15, 0.2) is 0 Å². The van der Waals surface area contributed by atoms with E-state index in [1.807, 2.05) is 0 Å². The van der Waals surface area contributed by atoms with Crippen LogP contribution in [0.15, 0.2) is 53.4 Å². The fourth-order valence-corrected chi connectivity index (χ4v) is 4.93. The monoisotopic (exact) mass is 418 g/mol. The number of sulfonamides is 1. The van der Waals surface area contributed by atoms with E-state index in [4.69, 9.17) is 9.47 Å². The molecule has 1 saturated heterocycles. The topological polar surface area (TPSA) is 84.9 Å². The largest absolute Gasteiger partial charge is 0.497 e. The highest BCUT2D eigenvalue weighted by molar-refractivity contribution is 7.89. The average molecular weight is 419 g/mol. The lowest BCUT2D eigenvalue weighted by Crippen LogP contribution is -2.37. The zero-order valence-electron chi connectivity index (χ0n) is 16.5.